The first-order valence-electron chi connectivity index (χ1n) is 6.31. The minimum absolute atomic E-state index is 0.109. The second-order valence-corrected chi connectivity index (χ2v) is 5.93. The molecule has 4 heteroatoms. The Morgan fingerprint density at radius 3 is 2.60 bits per heavy atom. The first-order valence-corrected chi connectivity index (χ1v) is 7.54. The van der Waals surface area contributed by atoms with E-state index in [0.717, 1.165) is 15.6 Å². The SMILES string of the molecule is Cc1cc(C(=O)NCC(Cl)c2ccccc2)ccc1Br. The summed E-state index contributed by atoms with van der Waals surface area (Å²) in [6, 6.07) is 15.2. The van der Waals surface area contributed by atoms with Crippen molar-refractivity contribution < 1.29 is 4.79 Å². The van der Waals surface area contributed by atoms with E-state index in [1.54, 1.807) is 6.07 Å². The highest BCUT2D eigenvalue weighted by Gasteiger charge is 2.11. The molecule has 0 radical (unpaired) electrons. The van der Waals surface area contributed by atoms with Crippen molar-refractivity contribution in [3.63, 3.8) is 0 Å². The molecule has 0 bridgehead atoms. The summed E-state index contributed by atoms with van der Waals surface area (Å²) < 4.78 is 0.994. The molecular formula is C16H15BrClNO. The summed E-state index contributed by atoms with van der Waals surface area (Å²) in [6.07, 6.45) is 0. The molecule has 1 unspecified atom stereocenters. The molecular weight excluding hydrogens is 338 g/mol. The van der Waals surface area contributed by atoms with Crippen molar-refractivity contribution >= 4 is 33.4 Å². The predicted molar refractivity (Wildman–Crippen MR) is 86.2 cm³/mol. The van der Waals surface area contributed by atoms with Crippen molar-refractivity contribution in [3.8, 4) is 0 Å². The van der Waals surface area contributed by atoms with Crippen molar-refractivity contribution in [3.05, 3.63) is 69.7 Å². The van der Waals surface area contributed by atoms with Crippen molar-refractivity contribution in [1.29, 1.82) is 0 Å². The fourth-order valence-electron chi connectivity index (χ4n) is 1.85. The summed E-state index contributed by atoms with van der Waals surface area (Å²) in [5, 5.41) is 2.63. The third-order valence-corrected chi connectivity index (χ3v) is 4.32. The molecule has 1 amide bonds. The van der Waals surface area contributed by atoms with Crippen LogP contribution in [0, 0.1) is 6.92 Å². The van der Waals surface area contributed by atoms with Gasteiger partial charge < -0.3 is 5.32 Å². The van der Waals surface area contributed by atoms with E-state index < -0.39 is 0 Å². The zero-order chi connectivity index (χ0) is 14.5. The van der Waals surface area contributed by atoms with E-state index in [4.69, 9.17) is 11.6 Å². The molecule has 0 heterocycles. The van der Waals surface area contributed by atoms with Gasteiger partial charge in [0.05, 0.1) is 5.38 Å². The molecule has 0 saturated carbocycles. The molecule has 0 aliphatic heterocycles. The summed E-state index contributed by atoms with van der Waals surface area (Å²) in [4.78, 5) is 12.1. The van der Waals surface area contributed by atoms with Gasteiger partial charge in [-0.1, -0.05) is 46.3 Å². The molecule has 0 saturated heterocycles. The number of hydrogen-bond donors (Lipinski definition) is 1. The lowest BCUT2D eigenvalue weighted by molar-refractivity contribution is 0.0953. The molecule has 2 aromatic rings. The second kappa shape index (κ2) is 6.91. The van der Waals surface area contributed by atoms with Crippen molar-refractivity contribution in [2.24, 2.45) is 0 Å². The van der Waals surface area contributed by atoms with Gasteiger partial charge in [0, 0.05) is 16.6 Å². The Labute approximate surface area is 132 Å². The van der Waals surface area contributed by atoms with Crippen LogP contribution < -0.4 is 5.32 Å². The number of benzene rings is 2. The van der Waals surface area contributed by atoms with Gasteiger partial charge in [0.15, 0.2) is 0 Å². The summed E-state index contributed by atoms with van der Waals surface area (Å²) in [6.45, 7) is 2.36. The maximum Gasteiger partial charge on any atom is 0.251 e. The van der Waals surface area contributed by atoms with E-state index >= 15 is 0 Å². The molecule has 2 aromatic carbocycles. The number of aryl methyl sites for hydroxylation is 1. The predicted octanol–water partition coefficient (Wildman–Crippen LogP) is 4.47. The van der Waals surface area contributed by atoms with Gasteiger partial charge in [-0.05, 0) is 36.2 Å². The first kappa shape index (κ1) is 15.1. The van der Waals surface area contributed by atoms with Crippen LogP contribution >= 0.6 is 27.5 Å². The zero-order valence-corrected chi connectivity index (χ0v) is 13.4. The van der Waals surface area contributed by atoms with Gasteiger partial charge in [0.25, 0.3) is 5.91 Å². The molecule has 0 spiro atoms. The van der Waals surface area contributed by atoms with Crippen molar-refractivity contribution in [2.75, 3.05) is 6.54 Å². The third-order valence-electron chi connectivity index (χ3n) is 3.02. The van der Waals surface area contributed by atoms with Gasteiger partial charge in [0.1, 0.15) is 0 Å². The number of amides is 1. The molecule has 0 fully saturated rings. The van der Waals surface area contributed by atoms with Crippen molar-refractivity contribution in [1.82, 2.24) is 5.32 Å². The molecule has 0 aromatic heterocycles. The topological polar surface area (TPSA) is 29.1 Å². The number of rotatable bonds is 4. The average Bonchev–Trinajstić information content (AvgIpc) is 2.48. The van der Waals surface area contributed by atoms with E-state index in [1.807, 2.05) is 49.4 Å². The van der Waals surface area contributed by atoms with E-state index in [-0.39, 0.29) is 11.3 Å². The number of alkyl halides is 1. The lowest BCUT2D eigenvalue weighted by atomic mass is 10.1. The highest BCUT2D eigenvalue weighted by molar-refractivity contribution is 9.10. The summed E-state index contributed by atoms with van der Waals surface area (Å²) in [7, 11) is 0. The van der Waals surface area contributed by atoms with E-state index in [2.05, 4.69) is 21.2 Å². The molecule has 0 aliphatic rings. The van der Waals surface area contributed by atoms with E-state index in [9.17, 15) is 4.79 Å². The van der Waals surface area contributed by atoms with Gasteiger partial charge in [-0.15, -0.1) is 11.6 Å². The number of carbonyl (C=O) groups is 1. The molecule has 1 N–H and O–H groups in total. The fourth-order valence-corrected chi connectivity index (χ4v) is 2.32. The Morgan fingerprint density at radius 1 is 1.25 bits per heavy atom. The van der Waals surface area contributed by atoms with E-state index in [0.29, 0.717) is 12.1 Å². The number of nitrogens with one attached hydrogen (secondary N) is 1. The molecule has 104 valence electrons. The highest BCUT2D eigenvalue weighted by Crippen LogP contribution is 2.20. The maximum atomic E-state index is 12.1. The third kappa shape index (κ3) is 3.84. The van der Waals surface area contributed by atoms with Crippen LogP contribution in [0.2, 0.25) is 0 Å². The van der Waals surface area contributed by atoms with Crippen LogP contribution in [0.15, 0.2) is 53.0 Å². The summed E-state index contributed by atoms with van der Waals surface area (Å²) >= 11 is 9.69. The average molecular weight is 353 g/mol. The van der Waals surface area contributed by atoms with Crippen LogP contribution in [-0.4, -0.2) is 12.5 Å². The number of carbonyl (C=O) groups excluding carboxylic acids is 1. The van der Waals surface area contributed by atoms with Gasteiger partial charge in [0.2, 0.25) is 0 Å². The number of hydrogen-bond acceptors (Lipinski definition) is 1. The number of halogens is 2. The van der Waals surface area contributed by atoms with Crippen LogP contribution in [0.25, 0.3) is 0 Å². The highest BCUT2D eigenvalue weighted by atomic mass is 79.9. The minimum Gasteiger partial charge on any atom is -0.350 e. The van der Waals surface area contributed by atoms with Crippen LogP contribution in [0.3, 0.4) is 0 Å². The smallest absolute Gasteiger partial charge is 0.251 e. The summed E-state index contributed by atoms with van der Waals surface area (Å²) in [5.74, 6) is -0.109. The van der Waals surface area contributed by atoms with Crippen LogP contribution in [-0.2, 0) is 0 Å². The normalized spacial score (nSPS) is 11.9. The Bertz CT molecular complexity index is 601. The van der Waals surface area contributed by atoms with Gasteiger partial charge in [-0.25, -0.2) is 0 Å². The molecule has 20 heavy (non-hydrogen) atoms. The van der Waals surface area contributed by atoms with Gasteiger partial charge >= 0.3 is 0 Å². The lowest BCUT2D eigenvalue weighted by Gasteiger charge is -2.11. The van der Waals surface area contributed by atoms with Crippen LogP contribution in [0.5, 0.6) is 0 Å². The van der Waals surface area contributed by atoms with Gasteiger partial charge in [-0.2, -0.15) is 0 Å². The Balaban J connectivity index is 1.97. The first-order chi connectivity index (χ1) is 9.58. The largest absolute Gasteiger partial charge is 0.350 e. The molecule has 2 rings (SSSR count). The standard InChI is InChI=1S/C16H15BrClNO/c1-11-9-13(7-8-14(11)17)16(20)19-10-15(18)12-5-3-2-4-6-12/h2-9,15H,10H2,1H3,(H,19,20). The Morgan fingerprint density at radius 2 is 1.95 bits per heavy atom. The Kier molecular flexibility index (Phi) is 5.21. The fraction of sp³-hybridized carbons (Fsp3) is 0.188. The second-order valence-electron chi connectivity index (χ2n) is 4.55. The van der Waals surface area contributed by atoms with E-state index in [1.165, 1.54) is 0 Å². The monoisotopic (exact) mass is 351 g/mol. The minimum atomic E-state index is -0.225. The molecule has 0 aliphatic carbocycles. The lowest BCUT2D eigenvalue weighted by Crippen LogP contribution is -2.26. The van der Waals surface area contributed by atoms with Crippen LogP contribution in [0.4, 0.5) is 0 Å². The quantitative estimate of drug-likeness (QED) is 0.808. The molecule has 2 nitrogen and oxygen atoms in total. The van der Waals surface area contributed by atoms with Gasteiger partial charge in [-0.3, -0.25) is 4.79 Å². The summed E-state index contributed by atoms with van der Waals surface area (Å²) in [5.41, 5.74) is 2.67. The maximum absolute atomic E-state index is 12.1. The van der Waals surface area contributed by atoms with Crippen molar-refractivity contribution in [2.45, 2.75) is 12.3 Å². The molecule has 1 atom stereocenters. The zero-order valence-electron chi connectivity index (χ0n) is 11.1. The van der Waals surface area contributed by atoms with Crippen LogP contribution in [0.1, 0.15) is 26.9 Å². The Hall–Kier alpha value is -1.32.